The van der Waals surface area contributed by atoms with E-state index in [0.717, 1.165) is 31.7 Å². The average molecular weight is 337 g/mol. The molecule has 0 amide bonds. The van der Waals surface area contributed by atoms with Crippen molar-refractivity contribution in [3.05, 3.63) is 28.2 Å². The van der Waals surface area contributed by atoms with E-state index in [-0.39, 0.29) is 5.69 Å². The first-order chi connectivity index (χ1) is 8.86. The molecule has 3 N–H and O–H groups in total. The fourth-order valence-corrected chi connectivity index (χ4v) is 2.94. The van der Waals surface area contributed by atoms with Gasteiger partial charge in [-0.1, -0.05) is 28.8 Å². The molecule has 6 heteroatoms. The second-order valence-corrected chi connectivity index (χ2v) is 5.92. The number of hydrogen-bond donors (Lipinski definition) is 2. The van der Waals surface area contributed by atoms with Crippen LogP contribution >= 0.6 is 15.9 Å². The number of anilines is 1. The lowest BCUT2D eigenvalue weighted by atomic mass is 9.96. The van der Waals surface area contributed by atoms with Crippen LogP contribution in [0.25, 0.3) is 0 Å². The predicted octanol–water partition coefficient (Wildman–Crippen LogP) is 4.15. The van der Waals surface area contributed by atoms with Crippen molar-refractivity contribution in [2.75, 3.05) is 11.9 Å². The van der Waals surface area contributed by atoms with Gasteiger partial charge in [0.15, 0.2) is 0 Å². The highest BCUT2D eigenvalue weighted by atomic mass is 79.9. The zero-order chi connectivity index (χ0) is 14.1. The maximum atomic E-state index is 13.0. The Morgan fingerprint density at radius 3 is 2.42 bits per heavy atom. The van der Waals surface area contributed by atoms with Crippen LogP contribution in [0.3, 0.4) is 0 Å². The molecule has 0 atom stereocenters. The van der Waals surface area contributed by atoms with Gasteiger partial charge in [-0.2, -0.15) is 13.2 Å². The van der Waals surface area contributed by atoms with E-state index in [1.165, 1.54) is 6.07 Å². The van der Waals surface area contributed by atoms with Crippen molar-refractivity contribution in [3.8, 4) is 0 Å². The Balaban J connectivity index is 2.34. The zero-order valence-corrected chi connectivity index (χ0v) is 11.9. The van der Waals surface area contributed by atoms with E-state index < -0.39 is 17.3 Å². The molecule has 1 aliphatic rings. The Labute approximate surface area is 118 Å². The Kier molecular flexibility index (Phi) is 4.11. The third-order valence-electron chi connectivity index (χ3n) is 3.64. The molecule has 2 nitrogen and oxygen atoms in total. The summed E-state index contributed by atoms with van der Waals surface area (Å²) >= 11 is 3.08. The molecular formula is C13H16BrF3N2. The Morgan fingerprint density at radius 1 is 1.26 bits per heavy atom. The van der Waals surface area contributed by atoms with Gasteiger partial charge >= 0.3 is 6.18 Å². The van der Waals surface area contributed by atoms with Gasteiger partial charge in [-0.25, -0.2) is 0 Å². The number of alkyl halides is 3. The quantitative estimate of drug-likeness (QED) is 0.870. The lowest BCUT2D eigenvalue weighted by Gasteiger charge is -2.31. The van der Waals surface area contributed by atoms with E-state index in [2.05, 4.69) is 21.2 Å². The number of benzene rings is 1. The standard InChI is InChI=1S/C13H16BrF3N2/c14-9-3-4-11(10(7-9)13(15,16)17)19-12(8-18)5-1-2-6-12/h3-4,7,19H,1-2,5-6,8,18H2. The number of nitrogens with two attached hydrogens (primary N) is 1. The highest BCUT2D eigenvalue weighted by molar-refractivity contribution is 9.10. The molecule has 106 valence electrons. The molecule has 1 fully saturated rings. The molecule has 0 heterocycles. The van der Waals surface area contributed by atoms with Crippen molar-refractivity contribution >= 4 is 21.6 Å². The number of rotatable bonds is 3. The molecule has 0 saturated heterocycles. The van der Waals surface area contributed by atoms with Gasteiger partial charge < -0.3 is 11.1 Å². The summed E-state index contributed by atoms with van der Waals surface area (Å²) in [7, 11) is 0. The average Bonchev–Trinajstić information content (AvgIpc) is 2.79. The van der Waals surface area contributed by atoms with E-state index >= 15 is 0 Å². The molecule has 19 heavy (non-hydrogen) atoms. The topological polar surface area (TPSA) is 38.0 Å². The Hall–Kier alpha value is -0.750. The largest absolute Gasteiger partial charge is 0.418 e. The minimum atomic E-state index is -4.37. The van der Waals surface area contributed by atoms with Crippen LogP contribution in [0.5, 0.6) is 0 Å². The molecular weight excluding hydrogens is 321 g/mol. The summed E-state index contributed by atoms with van der Waals surface area (Å²) in [5.74, 6) is 0. The molecule has 1 aromatic carbocycles. The van der Waals surface area contributed by atoms with E-state index in [0.29, 0.717) is 11.0 Å². The van der Waals surface area contributed by atoms with E-state index in [1.807, 2.05) is 0 Å². The summed E-state index contributed by atoms with van der Waals surface area (Å²) in [6, 6.07) is 4.17. The highest BCUT2D eigenvalue weighted by Gasteiger charge is 2.38. The zero-order valence-electron chi connectivity index (χ0n) is 10.4. The molecule has 0 radical (unpaired) electrons. The summed E-state index contributed by atoms with van der Waals surface area (Å²) in [4.78, 5) is 0. The number of hydrogen-bond acceptors (Lipinski definition) is 2. The first kappa shape index (κ1) is 14.7. The highest BCUT2D eigenvalue weighted by Crippen LogP contribution is 2.40. The van der Waals surface area contributed by atoms with Gasteiger partial charge in [0.05, 0.1) is 5.56 Å². The lowest BCUT2D eigenvalue weighted by molar-refractivity contribution is -0.137. The number of nitrogens with one attached hydrogen (secondary N) is 1. The molecule has 0 spiro atoms. The second-order valence-electron chi connectivity index (χ2n) is 5.00. The van der Waals surface area contributed by atoms with Crippen molar-refractivity contribution in [2.45, 2.75) is 37.4 Å². The van der Waals surface area contributed by atoms with Crippen LogP contribution in [0, 0.1) is 0 Å². The summed E-state index contributed by atoms with van der Waals surface area (Å²) in [6.45, 7) is 0.348. The minimum Gasteiger partial charge on any atom is -0.378 e. The SMILES string of the molecule is NCC1(Nc2ccc(Br)cc2C(F)(F)F)CCCC1. The molecule has 1 aliphatic carbocycles. The van der Waals surface area contributed by atoms with Crippen LogP contribution in [0.4, 0.5) is 18.9 Å². The van der Waals surface area contributed by atoms with E-state index in [9.17, 15) is 13.2 Å². The molecule has 1 aromatic rings. The van der Waals surface area contributed by atoms with Crippen molar-refractivity contribution in [1.82, 2.24) is 0 Å². The monoisotopic (exact) mass is 336 g/mol. The van der Waals surface area contributed by atoms with E-state index in [1.54, 1.807) is 6.07 Å². The van der Waals surface area contributed by atoms with Gasteiger partial charge in [0.25, 0.3) is 0 Å². The first-order valence-electron chi connectivity index (χ1n) is 6.21. The fourth-order valence-electron chi connectivity index (χ4n) is 2.58. The third kappa shape index (κ3) is 3.23. The molecule has 0 aromatic heterocycles. The molecule has 0 aliphatic heterocycles. The van der Waals surface area contributed by atoms with Crippen LogP contribution in [0.1, 0.15) is 31.2 Å². The second kappa shape index (κ2) is 5.32. The van der Waals surface area contributed by atoms with Crippen molar-refractivity contribution < 1.29 is 13.2 Å². The van der Waals surface area contributed by atoms with Gasteiger partial charge in [-0.05, 0) is 31.0 Å². The molecule has 1 saturated carbocycles. The summed E-state index contributed by atoms with van der Waals surface area (Å²) in [6.07, 6.45) is -0.738. The number of halogens is 4. The lowest BCUT2D eigenvalue weighted by Crippen LogP contribution is -2.43. The Morgan fingerprint density at radius 2 is 1.89 bits per heavy atom. The summed E-state index contributed by atoms with van der Waals surface area (Å²) in [5, 5.41) is 3.04. The van der Waals surface area contributed by atoms with Gasteiger partial charge in [-0.15, -0.1) is 0 Å². The summed E-state index contributed by atoms with van der Waals surface area (Å²) in [5.41, 5.74) is 4.82. The normalized spacial score (nSPS) is 18.6. The first-order valence-corrected chi connectivity index (χ1v) is 7.01. The molecule has 2 rings (SSSR count). The van der Waals surface area contributed by atoms with Gasteiger partial charge in [0.1, 0.15) is 0 Å². The van der Waals surface area contributed by atoms with Crippen LogP contribution in [-0.4, -0.2) is 12.1 Å². The van der Waals surface area contributed by atoms with Gasteiger partial charge in [-0.3, -0.25) is 0 Å². The fraction of sp³-hybridized carbons (Fsp3) is 0.538. The van der Waals surface area contributed by atoms with Crippen LogP contribution in [0.15, 0.2) is 22.7 Å². The Bertz CT molecular complexity index is 454. The smallest absolute Gasteiger partial charge is 0.378 e. The predicted molar refractivity (Wildman–Crippen MR) is 73.0 cm³/mol. The maximum Gasteiger partial charge on any atom is 0.418 e. The van der Waals surface area contributed by atoms with Crippen LogP contribution in [0.2, 0.25) is 0 Å². The van der Waals surface area contributed by atoms with Crippen molar-refractivity contribution in [1.29, 1.82) is 0 Å². The van der Waals surface area contributed by atoms with Crippen LogP contribution in [-0.2, 0) is 6.18 Å². The van der Waals surface area contributed by atoms with E-state index in [4.69, 9.17) is 5.73 Å². The molecule has 0 bridgehead atoms. The third-order valence-corrected chi connectivity index (χ3v) is 4.13. The van der Waals surface area contributed by atoms with Crippen molar-refractivity contribution in [3.63, 3.8) is 0 Å². The van der Waals surface area contributed by atoms with Crippen molar-refractivity contribution in [2.24, 2.45) is 5.73 Å². The molecule has 0 unspecified atom stereocenters. The van der Waals surface area contributed by atoms with Gasteiger partial charge in [0, 0.05) is 22.2 Å². The van der Waals surface area contributed by atoms with Gasteiger partial charge in [0.2, 0.25) is 0 Å². The summed E-state index contributed by atoms with van der Waals surface area (Å²) < 4.78 is 39.5. The maximum absolute atomic E-state index is 13.0. The minimum absolute atomic E-state index is 0.114. The van der Waals surface area contributed by atoms with Crippen LogP contribution < -0.4 is 11.1 Å².